The number of anilines is 1. The Bertz CT molecular complexity index is 1260. The fourth-order valence-corrected chi connectivity index (χ4v) is 4.37. The molecule has 0 bridgehead atoms. The van der Waals surface area contributed by atoms with Gasteiger partial charge < -0.3 is 5.32 Å². The van der Waals surface area contributed by atoms with Crippen LogP contribution >= 0.6 is 11.3 Å². The van der Waals surface area contributed by atoms with Crippen molar-refractivity contribution in [2.75, 3.05) is 5.32 Å². The van der Waals surface area contributed by atoms with E-state index in [1.807, 2.05) is 12.1 Å². The van der Waals surface area contributed by atoms with E-state index in [-0.39, 0.29) is 17.0 Å². The highest BCUT2D eigenvalue weighted by Crippen LogP contribution is 2.33. The van der Waals surface area contributed by atoms with Gasteiger partial charge >= 0.3 is 6.18 Å². The maximum absolute atomic E-state index is 13.6. The van der Waals surface area contributed by atoms with Crippen LogP contribution in [0.3, 0.4) is 0 Å². The Morgan fingerprint density at radius 2 is 1.93 bits per heavy atom. The second kappa shape index (κ2) is 6.94. The van der Waals surface area contributed by atoms with Crippen LogP contribution in [0.15, 0.2) is 47.8 Å². The van der Waals surface area contributed by atoms with Gasteiger partial charge in [-0.15, -0.1) is 11.3 Å². The molecule has 152 valence electrons. The highest BCUT2D eigenvalue weighted by atomic mass is 32.1. The summed E-state index contributed by atoms with van der Waals surface area (Å²) in [5, 5.41) is 8.39. The van der Waals surface area contributed by atoms with Crippen molar-refractivity contribution in [3.8, 4) is 10.6 Å². The number of aryl methyl sites for hydroxylation is 2. The number of carbonyl (C=O) groups excluding carboxylic acids is 1. The lowest BCUT2D eigenvalue weighted by Crippen LogP contribution is -2.15. The van der Waals surface area contributed by atoms with Gasteiger partial charge in [-0.3, -0.25) is 4.79 Å². The molecule has 0 spiro atoms. The largest absolute Gasteiger partial charge is 0.433 e. The normalized spacial score (nSPS) is 13.6. The number of halogens is 3. The molecule has 0 unspecified atom stereocenters. The van der Waals surface area contributed by atoms with Crippen molar-refractivity contribution in [3.05, 3.63) is 70.4 Å². The van der Waals surface area contributed by atoms with Gasteiger partial charge in [-0.1, -0.05) is 12.1 Å². The lowest BCUT2D eigenvalue weighted by molar-refractivity contribution is -0.142. The van der Waals surface area contributed by atoms with E-state index in [0.717, 1.165) is 25.3 Å². The zero-order valence-corrected chi connectivity index (χ0v) is 16.3. The Hall–Kier alpha value is -3.20. The minimum Gasteiger partial charge on any atom is -0.321 e. The summed E-state index contributed by atoms with van der Waals surface area (Å²) >= 11 is 1.29. The van der Waals surface area contributed by atoms with E-state index < -0.39 is 17.8 Å². The molecule has 3 aromatic heterocycles. The molecule has 0 saturated carbocycles. The third-order valence-electron chi connectivity index (χ3n) is 5.08. The SMILES string of the molecule is O=C(Nc1ccc2c(c1)CCC2)c1cc2nc(-c3cccs3)cc(C(F)(F)F)n2n1. The zero-order chi connectivity index (χ0) is 20.9. The molecule has 1 aliphatic carbocycles. The van der Waals surface area contributed by atoms with Crippen LogP contribution in [0.4, 0.5) is 18.9 Å². The third-order valence-corrected chi connectivity index (χ3v) is 5.97. The number of hydrogen-bond donors (Lipinski definition) is 1. The molecule has 1 N–H and O–H groups in total. The highest BCUT2D eigenvalue weighted by Gasteiger charge is 2.35. The first-order valence-corrected chi connectivity index (χ1v) is 10.2. The molecule has 0 fully saturated rings. The van der Waals surface area contributed by atoms with Crippen LogP contribution in [-0.4, -0.2) is 20.5 Å². The standard InChI is InChI=1S/C21H15F3N4OS/c22-21(23,24)18-10-15(17-5-2-8-30-17)26-19-11-16(27-28(18)19)20(29)25-14-7-6-12-3-1-4-13(12)9-14/h2,5-11H,1,3-4H2,(H,25,29). The molecule has 30 heavy (non-hydrogen) atoms. The van der Waals surface area contributed by atoms with Crippen molar-refractivity contribution in [2.45, 2.75) is 25.4 Å². The molecule has 1 amide bonds. The highest BCUT2D eigenvalue weighted by molar-refractivity contribution is 7.13. The lowest BCUT2D eigenvalue weighted by Gasteiger charge is -2.10. The quantitative estimate of drug-likeness (QED) is 0.487. The van der Waals surface area contributed by atoms with Crippen molar-refractivity contribution < 1.29 is 18.0 Å². The van der Waals surface area contributed by atoms with Crippen molar-refractivity contribution in [1.29, 1.82) is 0 Å². The molecule has 9 heteroatoms. The summed E-state index contributed by atoms with van der Waals surface area (Å²) in [4.78, 5) is 17.5. The van der Waals surface area contributed by atoms with Gasteiger partial charge in [0.1, 0.15) is 0 Å². The monoisotopic (exact) mass is 428 g/mol. The lowest BCUT2D eigenvalue weighted by atomic mass is 10.1. The van der Waals surface area contributed by atoms with Gasteiger partial charge in [-0.25, -0.2) is 9.50 Å². The first-order chi connectivity index (χ1) is 14.4. The predicted molar refractivity (Wildman–Crippen MR) is 108 cm³/mol. The first kappa shape index (κ1) is 18.8. The maximum atomic E-state index is 13.6. The van der Waals surface area contributed by atoms with Crippen LogP contribution in [0.1, 0.15) is 33.7 Å². The average Bonchev–Trinajstić information content (AvgIpc) is 3.44. The number of thiophene rings is 1. The number of benzene rings is 1. The molecule has 0 saturated heterocycles. The topological polar surface area (TPSA) is 59.3 Å². The second-order valence-electron chi connectivity index (χ2n) is 7.09. The van der Waals surface area contributed by atoms with Gasteiger partial charge in [0.25, 0.3) is 5.91 Å². The van der Waals surface area contributed by atoms with Gasteiger partial charge in [0.05, 0.1) is 10.6 Å². The number of carbonyl (C=O) groups is 1. The van der Waals surface area contributed by atoms with Crippen LogP contribution in [-0.2, 0) is 19.0 Å². The summed E-state index contributed by atoms with van der Waals surface area (Å²) in [6.07, 6.45) is -1.59. The van der Waals surface area contributed by atoms with E-state index >= 15 is 0 Å². The summed E-state index contributed by atoms with van der Waals surface area (Å²) < 4.78 is 41.6. The number of amides is 1. The molecule has 0 aliphatic heterocycles. The second-order valence-corrected chi connectivity index (χ2v) is 8.04. The number of fused-ring (bicyclic) bond motifs is 2. The van der Waals surface area contributed by atoms with Gasteiger partial charge in [0.15, 0.2) is 17.0 Å². The smallest absolute Gasteiger partial charge is 0.321 e. The minimum atomic E-state index is -4.65. The van der Waals surface area contributed by atoms with Gasteiger partial charge in [0, 0.05) is 11.8 Å². The summed E-state index contributed by atoms with van der Waals surface area (Å²) in [6.45, 7) is 0. The zero-order valence-electron chi connectivity index (χ0n) is 15.5. The molecule has 4 aromatic rings. The molecule has 1 aromatic carbocycles. The van der Waals surface area contributed by atoms with Crippen molar-refractivity contribution in [2.24, 2.45) is 0 Å². The summed E-state index contributed by atoms with van der Waals surface area (Å²) in [7, 11) is 0. The van der Waals surface area contributed by atoms with E-state index in [9.17, 15) is 18.0 Å². The molecule has 0 atom stereocenters. The molecular weight excluding hydrogens is 413 g/mol. The van der Waals surface area contributed by atoms with Crippen molar-refractivity contribution >= 4 is 28.6 Å². The number of nitrogens with zero attached hydrogens (tertiary/aromatic N) is 3. The van der Waals surface area contributed by atoms with E-state index in [1.165, 1.54) is 28.5 Å². The van der Waals surface area contributed by atoms with Crippen LogP contribution in [0, 0.1) is 0 Å². The predicted octanol–water partition coefficient (Wildman–Crippen LogP) is 5.22. The first-order valence-electron chi connectivity index (χ1n) is 9.33. The third kappa shape index (κ3) is 3.35. The van der Waals surface area contributed by atoms with E-state index in [4.69, 9.17) is 0 Å². The molecular formula is C21H15F3N4OS. The van der Waals surface area contributed by atoms with Crippen molar-refractivity contribution in [1.82, 2.24) is 14.6 Å². The van der Waals surface area contributed by atoms with Gasteiger partial charge in [-0.2, -0.15) is 18.3 Å². The van der Waals surface area contributed by atoms with Crippen LogP contribution in [0.25, 0.3) is 16.2 Å². The minimum absolute atomic E-state index is 0.0349. The number of nitrogens with one attached hydrogen (secondary N) is 1. The van der Waals surface area contributed by atoms with E-state index in [0.29, 0.717) is 15.1 Å². The fraction of sp³-hybridized carbons (Fsp3) is 0.190. The Morgan fingerprint density at radius 1 is 1.10 bits per heavy atom. The van der Waals surface area contributed by atoms with Gasteiger partial charge in [-0.05, 0) is 60.0 Å². The molecule has 3 heterocycles. The Balaban J connectivity index is 1.53. The maximum Gasteiger partial charge on any atom is 0.433 e. The number of aromatic nitrogens is 3. The Kier molecular flexibility index (Phi) is 4.35. The summed E-state index contributed by atoms with van der Waals surface area (Å²) in [5.41, 5.74) is 2.10. The molecule has 5 rings (SSSR count). The van der Waals surface area contributed by atoms with Crippen LogP contribution in [0.2, 0.25) is 0 Å². The Morgan fingerprint density at radius 3 is 2.70 bits per heavy atom. The van der Waals surface area contributed by atoms with E-state index in [2.05, 4.69) is 15.4 Å². The van der Waals surface area contributed by atoms with E-state index in [1.54, 1.807) is 23.6 Å². The number of rotatable bonds is 3. The number of alkyl halides is 3. The Labute approximate surface area is 173 Å². The summed E-state index contributed by atoms with van der Waals surface area (Å²) in [5.74, 6) is -0.579. The van der Waals surface area contributed by atoms with Crippen LogP contribution in [0.5, 0.6) is 0 Å². The van der Waals surface area contributed by atoms with Crippen LogP contribution < -0.4 is 5.32 Å². The number of hydrogen-bond acceptors (Lipinski definition) is 4. The summed E-state index contributed by atoms with van der Waals surface area (Å²) in [6, 6.07) is 11.3. The molecule has 0 radical (unpaired) electrons. The average molecular weight is 428 g/mol. The fourth-order valence-electron chi connectivity index (χ4n) is 3.68. The molecule has 1 aliphatic rings. The molecule has 5 nitrogen and oxygen atoms in total. The van der Waals surface area contributed by atoms with Gasteiger partial charge in [0.2, 0.25) is 0 Å². The van der Waals surface area contributed by atoms with Crippen molar-refractivity contribution in [3.63, 3.8) is 0 Å².